The molecule has 24 heavy (non-hydrogen) atoms. The molecule has 0 heterocycles. The first-order valence-electron chi connectivity index (χ1n) is 8.10. The molecule has 5 heteroatoms. The van der Waals surface area contributed by atoms with Gasteiger partial charge < -0.3 is 10.4 Å². The number of carbonyl (C=O) groups is 1. The van der Waals surface area contributed by atoms with Crippen LogP contribution in [-0.2, 0) is 13.1 Å². The van der Waals surface area contributed by atoms with Gasteiger partial charge in [-0.2, -0.15) is 0 Å². The summed E-state index contributed by atoms with van der Waals surface area (Å²) < 4.78 is 0. The predicted octanol–water partition coefficient (Wildman–Crippen LogP) is 3.82. The Kier molecular flexibility index (Phi) is 6.64. The largest absolute Gasteiger partial charge is 0.506 e. The van der Waals surface area contributed by atoms with Crippen LogP contribution in [0.2, 0.25) is 5.02 Å². The normalized spacial score (nSPS) is 10.8. The van der Waals surface area contributed by atoms with E-state index in [1.54, 1.807) is 6.07 Å². The first-order chi connectivity index (χ1) is 11.5. The lowest BCUT2D eigenvalue weighted by Crippen LogP contribution is -2.23. The van der Waals surface area contributed by atoms with Crippen molar-refractivity contribution in [1.82, 2.24) is 10.2 Å². The van der Waals surface area contributed by atoms with Crippen molar-refractivity contribution in [3.8, 4) is 5.75 Å². The summed E-state index contributed by atoms with van der Waals surface area (Å²) in [7, 11) is 0. The lowest BCUT2D eigenvalue weighted by Gasteiger charge is -2.18. The lowest BCUT2D eigenvalue weighted by atomic mass is 10.1. The van der Waals surface area contributed by atoms with Gasteiger partial charge in [-0.25, -0.2) is 0 Å². The molecule has 0 aromatic heterocycles. The topological polar surface area (TPSA) is 52.6 Å². The Hall–Kier alpha value is -2.04. The van der Waals surface area contributed by atoms with Gasteiger partial charge in [0, 0.05) is 18.7 Å². The molecule has 2 aromatic rings. The highest BCUT2D eigenvalue weighted by molar-refractivity contribution is 6.32. The molecule has 0 aliphatic carbocycles. The SMILES string of the molecule is CCN(CC)Cc1ccc(CNC(=O)c2ccc(O)c(Cl)c2)cc1. The zero-order chi connectivity index (χ0) is 17.5. The minimum Gasteiger partial charge on any atom is -0.506 e. The van der Waals surface area contributed by atoms with Gasteiger partial charge >= 0.3 is 0 Å². The van der Waals surface area contributed by atoms with Crippen molar-refractivity contribution in [1.29, 1.82) is 0 Å². The van der Waals surface area contributed by atoms with E-state index in [0.717, 1.165) is 25.2 Å². The molecular weight excluding hydrogens is 324 g/mol. The molecule has 0 bridgehead atoms. The summed E-state index contributed by atoms with van der Waals surface area (Å²) in [4.78, 5) is 14.5. The second-order valence-corrected chi connectivity index (χ2v) is 6.03. The van der Waals surface area contributed by atoms with E-state index in [2.05, 4.69) is 36.2 Å². The molecule has 0 radical (unpaired) electrons. The van der Waals surface area contributed by atoms with Crippen molar-refractivity contribution in [2.45, 2.75) is 26.9 Å². The molecule has 2 rings (SSSR count). The molecule has 0 unspecified atom stereocenters. The maximum atomic E-state index is 12.1. The molecule has 1 amide bonds. The Morgan fingerprint density at radius 2 is 1.71 bits per heavy atom. The summed E-state index contributed by atoms with van der Waals surface area (Å²) in [5, 5.41) is 12.4. The fraction of sp³-hybridized carbons (Fsp3) is 0.316. The van der Waals surface area contributed by atoms with Gasteiger partial charge in [-0.3, -0.25) is 9.69 Å². The molecule has 0 saturated carbocycles. The van der Waals surface area contributed by atoms with Crippen LogP contribution < -0.4 is 5.32 Å². The van der Waals surface area contributed by atoms with E-state index in [1.807, 2.05) is 12.1 Å². The van der Waals surface area contributed by atoms with Crippen LogP contribution in [0.3, 0.4) is 0 Å². The molecule has 4 nitrogen and oxygen atoms in total. The number of rotatable bonds is 7. The third-order valence-electron chi connectivity index (χ3n) is 3.99. The molecule has 0 atom stereocenters. The molecule has 128 valence electrons. The zero-order valence-electron chi connectivity index (χ0n) is 14.1. The van der Waals surface area contributed by atoms with Crippen LogP contribution in [0.5, 0.6) is 5.75 Å². The molecule has 0 saturated heterocycles. The second-order valence-electron chi connectivity index (χ2n) is 5.63. The van der Waals surface area contributed by atoms with Crippen molar-refractivity contribution >= 4 is 17.5 Å². The van der Waals surface area contributed by atoms with E-state index >= 15 is 0 Å². The van der Waals surface area contributed by atoms with Crippen molar-refractivity contribution in [3.63, 3.8) is 0 Å². The van der Waals surface area contributed by atoms with Gasteiger partial charge in [-0.15, -0.1) is 0 Å². The number of hydrogen-bond donors (Lipinski definition) is 2. The van der Waals surface area contributed by atoms with Gasteiger partial charge in [-0.05, 0) is 42.4 Å². The minimum atomic E-state index is -0.218. The minimum absolute atomic E-state index is 0.0305. The highest BCUT2D eigenvalue weighted by Gasteiger charge is 2.08. The number of nitrogens with one attached hydrogen (secondary N) is 1. The number of nitrogens with zero attached hydrogens (tertiary/aromatic N) is 1. The zero-order valence-corrected chi connectivity index (χ0v) is 14.8. The van der Waals surface area contributed by atoms with Crippen LogP contribution in [0.15, 0.2) is 42.5 Å². The van der Waals surface area contributed by atoms with E-state index < -0.39 is 0 Å². The van der Waals surface area contributed by atoms with E-state index in [0.29, 0.717) is 12.1 Å². The Labute approximate surface area is 148 Å². The maximum Gasteiger partial charge on any atom is 0.251 e. The smallest absolute Gasteiger partial charge is 0.251 e. The highest BCUT2D eigenvalue weighted by atomic mass is 35.5. The van der Waals surface area contributed by atoms with E-state index in [4.69, 9.17) is 11.6 Å². The van der Waals surface area contributed by atoms with Gasteiger partial charge in [0.1, 0.15) is 5.75 Å². The summed E-state index contributed by atoms with van der Waals surface area (Å²) in [5.41, 5.74) is 2.73. The second kappa shape index (κ2) is 8.71. The quantitative estimate of drug-likeness (QED) is 0.801. The van der Waals surface area contributed by atoms with Gasteiger partial charge in [0.15, 0.2) is 0 Å². The number of carbonyl (C=O) groups excluding carboxylic acids is 1. The average Bonchev–Trinajstić information content (AvgIpc) is 2.61. The Balaban J connectivity index is 1.91. The van der Waals surface area contributed by atoms with Crippen LogP contribution in [0.1, 0.15) is 35.3 Å². The van der Waals surface area contributed by atoms with E-state index in [-0.39, 0.29) is 16.7 Å². The third kappa shape index (κ3) is 4.98. The number of amides is 1. The van der Waals surface area contributed by atoms with Crippen molar-refractivity contribution in [2.75, 3.05) is 13.1 Å². The summed E-state index contributed by atoms with van der Waals surface area (Å²) in [6, 6.07) is 12.7. The van der Waals surface area contributed by atoms with Gasteiger partial charge in [-0.1, -0.05) is 49.7 Å². The average molecular weight is 347 g/mol. The predicted molar refractivity (Wildman–Crippen MR) is 97.4 cm³/mol. The number of phenolic OH excluding ortho intramolecular Hbond substituents is 1. The maximum absolute atomic E-state index is 12.1. The number of aromatic hydroxyl groups is 1. The fourth-order valence-electron chi connectivity index (χ4n) is 2.40. The lowest BCUT2D eigenvalue weighted by molar-refractivity contribution is 0.0951. The van der Waals surface area contributed by atoms with Crippen LogP contribution in [-0.4, -0.2) is 29.0 Å². The molecule has 2 N–H and O–H groups in total. The molecule has 0 fully saturated rings. The molecule has 0 spiro atoms. The number of phenols is 1. The first kappa shape index (κ1) is 18.3. The summed E-state index contributed by atoms with van der Waals surface area (Å²) in [6.07, 6.45) is 0. The van der Waals surface area contributed by atoms with Crippen LogP contribution in [0, 0.1) is 0 Å². The summed E-state index contributed by atoms with van der Waals surface area (Å²) in [6.45, 7) is 7.76. The van der Waals surface area contributed by atoms with Crippen LogP contribution >= 0.6 is 11.6 Å². The standard InChI is InChI=1S/C19H23ClN2O2/c1-3-22(4-2)13-15-7-5-14(6-8-15)12-21-19(24)16-9-10-18(23)17(20)11-16/h5-11,23H,3-4,12-13H2,1-2H3,(H,21,24). The van der Waals surface area contributed by atoms with Gasteiger partial charge in [0.05, 0.1) is 5.02 Å². The van der Waals surface area contributed by atoms with Crippen molar-refractivity contribution < 1.29 is 9.90 Å². The molecule has 0 aliphatic rings. The summed E-state index contributed by atoms with van der Waals surface area (Å²) in [5.74, 6) is -0.249. The molecule has 2 aromatic carbocycles. The van der Waals surface area contributed by atoms with Gasteiger partial charge in [0.25, 0.3) is 5.91 Å². The fourth-order valence-corrected chi connectivity index (χ4v) is 2.58. The van der Waals surface area contributed by atoms with Gasteiger partial charge in [0.2, 0.25) is 0 Å². The Morgan fingerprint density at radius 3 is 2.29 bits per heavy atom. The van der Waals surface area contributed by atoms with Crippen molar-refractivity contribution in [3.05, 3.63) is 64.2 Å². The van der Waals surface area contributed by atoms with E-state index in [1.165, 1.54) is 17.7 Å². The van der Waals surface area contributed by atoms with Crippen molar-refractivity contribution in [2.24, 2.45) is 0 Å². The highest BCUT2D eigenvalue weighted by Crippen LogP contribution is 2.23. The third-order valence-corrected chi connectivity index (χ3v) is 4.29. The number of benzene rings is 2. The first-order valence-corrected chi connectivity index (χ1v) is 8.48. The van der Waals surface area contributed by atoms with Crippen LogP contribution in [0.25, 0.3) is 0 Å². The number of hydrogen-bond acceptors (Lipinski definition) is 3. The van der Waals surface area contributed by atoms with Crippen LogP contribution in [0.4, 0.5) is 0 Å². The Morgan fingerprint density at radius 1 is 1.08 bits per heavy atom. The molecular formula is C19H23ClN2O2. The number of halogens is 1. The summed E-state index contributed by atoms with van der Waals surface area (Å²) >= 11 is 5.82. The van der Waals surface area contributed by atoms with E-state index in [9.17, 15) is 9.90 Å². The molecule has 0 aliphatic heterocycles. The Bertz CT molecular complexity index is 682. The monoisotopic (exact) mass is 346 g/mol.